The van der Waals surface area contributed by atoms with Crippen LogP contribution in [0, 0.1) is 0 Å². The van der Waals surface area contributed by atoms with Crippen LogP contribution in [0.25, 0.3) is 21.9 Å². The van der Waals surface area contributed by atoms with E-state index in [1.54, 1.807) is 42.3 Å². The molecule has 30 heavy (non-hydrogen) atoms. The maximum Gasteiger partial charge on any atom is 0.417 e. The van der Waals surface area contributed by atoms with E-state index in [9.17, 15) is 14.4 Å². The Balaban J connectivity index is 1.42. The summed E-state index contributed by atoms with van der Waals surface area (Å²) in [5, 5.41) is 5.29. The number of fused-ring (bicyclic) bond motifs is 2. The summed E-state index contributed by atoms with van der Waals surface area (Å²) in [5.74, 6) is -0.685. The highest BCUT2D eigenvalue weighted by Crippen LogP contribution is 2.26. The summed E-state index contributed by atoms with van der Waals surface area (Å²) < 4.78 is 6.35. The summed E-state index contributed by atoms with van der Waals surface area (Å²) >= 11 is 0. The molecule has 0 atom stereocenters. The molecule has 0 bridgehead atoms. The molecule has 1 amide bonds. The van der Waals surface area contributed by atoms with Crippen molar-refractivity contribution in [2.75, 3.05) is 31.1 Å². The molecule has 0 unspecified atom stereocenters. The number of H-pyrrole nitrogens is 1. The van der Waals surface area contributed by atoms with Gasteiger partial charge in [-0.25, -0.2) is 9.48 Å². The van der Waals surface area contributed by atoms with Gasteiger partial charge >= 0.3 is 5.76 Å². The standard InChI is InChI=1S/C21H19N5O4/c1-24-19(27)14-6-3-2-5-13(14)17(23-24)20(28)26-11-9-25(10-12-26)15-7-4-8-16-18(15)22-21(29)30-16/h2-8H,9-12H2,1H3,(H,22,29). The molecule has 1 fully saturated rings. The Labute approximate surface area is 170 Å². The number of aryl methyl sites for hydroxylation is 1. The number of nitrogens with one attached hydrogen (secondary N) is 1. The van der Waals surface area contributed by atoms with Crippen LogP contribution < -0.4 is 16.2 Å². The minimum absolute atomic E-state index is 0.198. The Hall–Kier alpha value is -3.88. The highest BCUT2D eigenvalue weighted by molar-refractivity contribution is 6.04. The van der Waals surface area contributed by atoms with Crippen molar-refractivity contribution in [3.05, 3.63) is 69.1 Å². The molecule has 1 N–H and O–H groups in total. The first-order valence-corrected chi connectivity index (χ1v) is 9.65. The third kappa shape index (κ3) is 2.86. The molecule has 0 radical (unpaired) electrons. The quantitative estimate of drug-likeness (QED) is 0.540. The van der Waals surface area contributed by atoms with Crippen molar-refractivity contribution in [2.45, 2.75) is 0 Å². The normalized spacial score (nSPS) is 14.6. The van der Waals surface area contributed by atoms with Gasteiger partial charge in [0.05, 0.1) is 11.1 Å². The van der Waals surface area contributed by atoms with Crippen LogP contribution in [0.5, 0.6) is 0 Å². The number of rotatable bonds is 2. The number of carbonyl (C=O) groups is 1. The molecule has 0 aliphatic carbocycles. The number of piperazine rings is 1. The largest absolute Gasteiger partial charge is 0.417 e. The molecule has 0 saturated carbocycles. The molecule has 2 aromatic heterocycles. The molecule has 2 aromatic carbocycles. The maximum absolute atomic E-state index is 13.2. The fourth-order valence-corrected chi connectivity index (χ4v) is 3.98. The zero-order chi connectivity index (χ0) is 20.8. The van der Waals surface area contributed by atoms with Crippen LogP contribution in [0.1, 0.15) is 10.5 Å². The van der Waals surface area contributed by atoms with Gasteiger partial charge in [0.15, 0.2) is 11.3 Å². The Morgan fingerprint density at radius 2 is 1.73 bits per heavy atom. The lowest BCUT2D eigenvalue weighted by molar-refractivity contribution is 0.0740. The van der Waals surface area contributed by atoms with E-state index in [-0.39, 0.29) is 17.2 Å². The summed E-state index contributed by atoms with van der Waals surface area (Å²) in [7, 11) is 1.55. The van der Waals surface area contributed by atoms with E-state index < -0.39 is 5.76 Å². The maximum atomic E-state index is 13.2. The summed E-state index contributed by atoms with van der Waals surface area (Å²) in [4.78, 5) is 43.7. The first-order chi connectivity index (χ1) is 14.5. The van der Waals surface area contributed by atoms with Crippen molar-refractivity contribution >= 4 is 33.5 Å². The smallest absolute Gasteiger partial charge is 0.408 e. The van der Waals surface area contributed by atoms with Crippen molar-refractivity contribution in [1.29, 1.82) is 0 Å². The molecule has 3 heterocycles. The predicted molar refractivity (Wildman–Crippen MR) is 112 cm³/mol. The van der Waals surface area contributed by atoms with Crippen LogP contribution in [0.2, 0.25) is 0 Å². The van der Waals surface area contributed by atoms with Crippen molar-refractivity contribution in [3.63, 3.8) is 0 Å². The van der Waals surface area contributed by atoms with Crippen LogP contribution in [-0.2, 0) is 7.05 Å². The highest BCUT2D eigenvalue weighted by Gasteiger charge is 2.26. The molecular formula is C21H19N5O4. The van der Waals surface area contributed by atoms with Crippen LogP contribution in [0.3, 0.4) is 0 Å². The number of aromatic nitrogens is 3. The van der Waals surface area contributed by atoms with Crippen LogP contribution >= 0.6 is 0 Å². The van der Waals surface area contributed by atoms with Gasteiger partial charge in [-0.15, -0.1) is 0 Å². The Kier molecular flexibility index (Phi) is 4.16. The zero-order valence-corrected chi connectivity index (χ0v) is 16.3. The minimum Gasteiger partial charge on any atom is -0.408 e. The van der Waals surface area contributed by atoms with E-state index in [0.29, 0.717) is 48.1 Å². The number of para-hydroxylation sites is 1. The lowest BCUT2D eigenvalue weighted by Crippen LogP contribution is -2.49. The number of hydrogen-bond acceptors (Lipinski definition) is 6. The van der Waals surface area contributed by atoms with Crippen LogP contribution in [-0.4, -0.2) is 51.8 Å². The topological polar surface area (TPSA) is 104 Å². The molecule has 152 valence electrons. The second-order valence-electron chi connectivity index (χ2n) is 7.27. The summed E-state index contributed by atoms with van der Waals surface area (Å²) in [5.41, 5.74) is 2.09. The van der Waals surface area contributed by atoms with Crippen molar-refractivity contribution in [3.8, 4) is 0 Å². The molecule has 9 heteroatoms. The molecule has 0 spiro atoms. The average molecular weight is 405 g/mol. The molecule has 5 rings (SSSR count). The van der Waals surface area contributed by atoms with Gasteiger partial charge in [0.1, 0.15) is 5.52 Å². The zero-order valence-electron chi connectivity index (χ0n) is 16.3. The third-order valence-electron chi connectivity index (χ3n) is 5.50. The van der Waals surface area contributed by atoms with Gasteiger partial charge in [-0.05, 0) is 18.2 Å². The number of aromatic amines is 1. The Morgan fingerprint density at radius 1 is 1.00 bits per heavy atom. The highest BCUT2D eigenvalue weighted by atomic mass is 16.4. The molecule has 1 aliphatic heterocycles. The van der Waals surface area contributed by atoms with Crippen molar-refractivity contribution in [2.24, 2.45) is 7.05 Å². The number of carbonyl (C=O) groups excluding carboxylic acids is 1. The molecule has 4 aromatic rings. The predicted octanol–water partition coefficient (Wildman–Crippen LogP) is 1.33. The number of hydrogen-bond donors (Lipinski definition) is 1. The van der Waals surface area contributed by atoms with E-state index in [1.807, 2.05) is 12.1 Å². The lowest BCUT2D eigenvalue weighted by atomic mass is 10.1. The van der Waals surface area contributed by atoms with Crippen molar-refractivity contribution < 1.29 is 9.21 Å². The van der Waals surface area contributed by atoms with E-state index in [4.69, 9.17) is 4.42 Å². The monoisotopic (exact) mass is 405 g/mol. The van der Waals surface area contributed by atoms with Gasteiger partial charge in [0, 0.05) is 38.6 Å². The number of oxazole rings is 1. The number of nitrogens with zero attached hydrogens (tertiary/aromatic N) is 4. The molecule has 1 aliphatic rings. The van der Waals surface area contributed by atoms with Crippen LogP contribution in [0.15, 0.2) is 56.5 Å². The Bertz CT molecular complexity index is 1390. The number of anilines is 1. The van der Waals surface area contributed by atoms with E-state index in [0.717, 1.165) is 5.69 Å². The fraction of sp³-hybridized carbons (Fsp3) is 0.238. The first-order valence-electron chi connectivity index (χ1n) is 9.65. The van der Waals surface area contributed by atoms with Gasteiger partial charge in [-0.3, -0.25) is 14.6 Å². The molecule has 9 nitrogen and oxygen atoms in total. The summed E-state index contributed by atoms with van der Waals surface area (Å²) in [6.07, 6.45) is 0. The van der Waals surface area contributed by atoms with E-state index in [2.05, 4.69) is 15.0 Å². The van der Waals surface area contributed by atoms with Crippen LogP contribution in [0.4, 0.5) is 5.69 Å². The SMILES string of the molecule is Cn1nc(C(=O)N2CCN(c3cccc4oc(=O)[nH]c34)CC2)c2ccccc2c1=O. The minimum atomic E-state index is -0.487. The average Bonchev–Trinajstić information content (AvgIpc) is 3.16. The van der Waals surface area contributed by atoms with Gasteiger partial charge < -0.3 is 14.2 Å². The fourth-order valence-electron chi connectivity index (χ4n) is 3.98. The van der Waals surface area contributed by atoms with E-state index >= 15 is 0 Å². The molecule has 1 saturated heterocycles. The number of benzene rings is 2. The van der Waals surface area contributed by atoms with Gasteiger partial charge in [0.2, 0.25) is 0 Å². The number of amides is 1. The summed E-state index contributed by atoms with van der Waals surface area (Å²) in [6.45, 7) is 2.19. The second kappa shape index (κ2) is 6.87. The van der Waals surface area contributed by atoms with Crippen molar-refractivity contribution in [1.82, 2.24) is 19.7 Å². The van der Waals surface area contributed by atoms with Gasteiger partial charge in [-0.1, -0.05) is 24.3 Å². The second-order valence-corrected chi connectivity index (χ2v) is 7.27. The first kappa shape index (κ1) is 18.2. The molecular weight excluding hydrogens is 386 g/mol. The van der Waals surface area contributed by atoms with Gasteiger partial charge in [0.25, 0.3) is 11.5 Å². The third-order valence-corrected chi connectivity index (χ3v) is 5.50. The summed E-state index contributed by atoms with van der Waals surface area (Å²) in [6, 6.07) is 12.5. The lowest BCUT2D eigenvalue weighted by Gasteiger charge is -2.36. The van der Waals surface area contributed by atoms with E-state index in [1.165, 1.54) is 4.68 Å². The Morgan fingerprint density at radius 3 is 2.50 bits per heavy atom. The van der Waals surface area contributed by atoms with Gasteiger partial charge in [-0.2, -0.15) is 5.10 Å².